The van der Waals surface area contributed by atoms with Crippen LogP contribution < -0.4 is 0 Å². The van der Waals surface area contributed by atoms with Crippen LogP contribution in [0.2, 0.25) is 5.02 Å². The maximum Gasteiger partial charge on any atom is 0.278 e. The van der Waals surface area contributed by atoms with E-state index in [1.54, 1.807) is 36.8 Å². The fourth-order valence-corrected chi connectivity index (χ4v) is 3.44. The highest BCUT2D eigenvalue weighted by atomic mass is 35.5. The Balaban J connectivity index is 1.47. The van der Waals surface area contributed by atoms with Gasteiger partial charge in [0.2, 0.25) is 0 Å². The Labute approximate surface area is 155 Å². The first-order valence-electron chi connectivity index (χ1n) is 8.49. The van der Waals surface area contributed by atoms with Crippen LogP contribution in [0.1, 0.15) is 30.1 Å². The van der Waals surface area contributed by atoms with Crippen molar-refractivity contribution in [1.29, 1.82) is 0 Å². The summed E-state index contributed by atoms with van der Waals surface area (Å²) in [5.74, 6) is 1.52. The molecule has 0 aliphatic carbocycles. The predicted molar refractivity (Wildman–Crippen MR) is 95.7 cm³/mol. The van der Waals surface area contributed by atoms with Crippen molar-refractivity contribution in [2.75, 3.05) is 13.1 Å². The van der Waals surface area contributed by atoms with Crippen LogP contribution in [0, 0.1) is 0 Å². The molecule has 3 aromatic rings. The largest absolute Gasteiger partial charge is 0.508 e. The first-order chi connectivity index (χ1) is 12.7. The lowest BCUT2D eigenvalue weighted by molar-refractivity contribution is 0.193. The van der Waals surface area contributed by atoms with Gasteiger partial charge in [0.1, 0.15) is 11.4 Å². The fourth-order valence-electron chi connectivity index (χ4n) is 3.25. The first-order valence-corrected chi connectivity index (χ1v) is 8.86. The molecular formula is C18H18ClN5O2. The van der Waals surface area contributed by atoms with Crippen LogP contribution in [0.4, 0.5) is 0 Å². The standard InChI is InChI=1S/C18H18ClN5O2/c19-14-3-4-16(25)13(8-14)11-24-7-1-2-12(10-24)17-22-18(26-23-17)15-9-20-5-6-21-15/h3-6,8-9,12,25H,1-2,7,10-11H2. The van der Waals surface area contributed by atoms with Crippen LogP contribution >= 0.6 is 11.6 Å². The van der Waals surface area contributed by atoms with Crippen molar-refractivity contribution in [2.24, 2.45) is 0 Å². The molecule has 7 nitrogen and oxygen atoms in total. The van der Waals surface area contributed by atoms with Crippen molar-refractivity contribution in [3.63, 3.8) is 0 Å². The molecule has 8 heteroatoms. The fraction of sp³-hybridized carbons (Fsp3) is 0.333. The number of hydrogen-bond donors (Lipinski definition) is 1. The maximum absolute atomic E-state index is 10.0. The van der Waals surface area contributed by atoms with Crippen molar-refractivity contribution >= 4 is 11.6 Å². The van der Waals surface area contributed by atoms with Crippen molar-refractivity contribution in [2.45, 2.75) is 25.3 Å². The molecule has 1 aliphatic rings. The number of aromatic hydroxyl groups is 1. The second kappa shape index (κ2) is 7.39. The second-order valence-electron chi connectivity index (χ2n) is 6.40. The highest BCUT2D eigenvalue weighted by molar-refractivity contribution is 6.30. The zero-order valence-corrected chi connectivity index (χ0v) is 14.8. The molecule has 1 unspecified atom stereocenters. The van der Waals surface area contributed by atoms with E-state index in [4.69, 9.17) is 16.1 Å². The Bertz CT molecular complexity index is 886. The summed E-state index contributed by atoms with van der Waals surface area (Å²) in [6.45, 7) is 2.39. The molecule has 0 radical (unpaired) electrons. The normalized spacial score (nSPS) is 18.1. The van der Waals surface area contributed by atoms with Crippen molar-refractivity contribution in [3.8, 4) is 17.3 Å². The van der Waals surface area contributed by atoms with Crippen LogP contribution in [-0.4, -0.2) is 43.2 Å². The van der Waals surface area contributed by atoms with Crippen LogP contribution in [-0.2, 0) is 6.54 Å². The number of aromatic nitrogens is 4. The summed E-state index contributed by atoms with van der Waals surface area (Å²) in [5, 5.41) is 14.8. The van der Waals surface area contributed by atoms with Crippen LogP contribution in [0.5, 0.6) is 5.75 Å². The number of phenolic OH excluding ortho intramolecular Hbond substituents is 1. The van der Waals surface area contributed by atoms with Crippen LogP contribution in [0.15, 0.2) is 41.3 Å². The van der Waals surface area contributed by atoms with E-state index in [0.29, 0.717) is 29.0 Å². The SMILES string of the molecule is Oc1ccc(Cl)cc1CN1CCCC(c2noc(-c3cnccn3)n2)C1. The minimum atomic E-state index is 0.180. The molecule has 1 atom stereocenters. The third-order valence-electron chi connectivity index (χ3n) is 4.53. The topological polar surface area (TPSA) is 88.2 Å². The van der Waals surface area contributed by atoms with Crippen LogP contribution in [0.3, 0.4) is 0 Å². The molecule has 0 bridgehead atoms. The quantitative estimate of drug-likeness (QED) is 0.752. The van der Waals surface area contributed by atoms with Gasteiger partial charge in [0, 0.05) is 42.0 Å². The van der Waals surface area contributed by atoms with Crippen LogP contribution in [0.25, 0.3) is 11.6 Å². The minimum absolute atomic E-state index is 0.180. The molecule has 1 aliphatic heterocycles. The average molecular weight is 372 g/mol. The number of benzene rings is 1. The monoisotopic (exact) mass is 371 g/mol. The Hall–Kier alpha value is -2.51. The van der Waals surface area contributed by atoms with Gasteiger partial charge in [0.15, 0.2) is 5.82 Å². The number of rotatable bonds is 4. The number of phenols is 1. The van der Waals surface area contributed by atoms with Gasteiger partial charge in [-0.15, -0.1) is 0 Å². The Kier molecular flexibility index (Phi) is 4.81. The Morgan fingerprint density at radius 3 is 3.08 bits per heavy atom. The van der Waals surface area contributed by atoms with Gasteiger partial charge in [-0.05, 0) is 37.6 Å². The van der Waals surface area contributed by atoms with E-state index < -0.39 is 0 Å². The van der Waals surface area contributed by atoms with Gasteiger partial charge in [-0.1, -0.05) is 16.8 Å². The van der Waals surface area contributed by atoms with Gasteiger partial charge in [-0.2, -0.15) is 4.98 Å². The molecule has 3 heterocycles. The molecule has 26 heavy (non-hydrogen) atoms. The van der Waals surface area contributed by atoms with E-state index in [1.165, 1.54) is 0 Å². The van der Waals surface area contributed by atoms with E-state index in [2.05, 4.69) is 25.0 Å². The molecule has 1 N–H and O–H groups in total. The van der Waals surface area contributed by atoms with Gasteiger partial charge in [-0.25, -0.2) is 4.98 Å². The lowest BCUT2D eigenvalue weighted by Gasteiger charge is -2.31. The number of halogens is 1. The van der Waals surface area contributed by atoms with Gasteiger partial charge in [0.05, 0.1) is 6.20 Å². The zero-order chi connectivity index (χ0) is 17.9. The molecular weight excluding hydrogens is 354 g/mol. The van der Waals surface area contributed by atoms with Crippen molar-refractivity contribution in [3.05, 3.63) is 53.2 Å². The minimum Gasteiger partial charge on any atom is -0.508 e. The summed E-state index contributed by atoms with van der Waals surface area (Å²) < 4.78 is 5.35. The third-order valence-corrected chi connectivity index (χ3v) is 4.77. The van der Waals surface area contributed by atoms with Crippen molar-refractivity contribution < 1.29 is 9.63 Å². The lowest BCUT2D eigenvalue weighted by Crippen LogP contribution is -2.34. The summed E-state index contributed by atoms with van der Waals surface area (Å²) in [7, 11) is 0. The first kappa shape index (κ1) is 16.9. The summed E-state index contributed by atoms with van der Waals surface area (Å²) in [6, 6.07) is 5.12. The highest BCUT2D eigenvalue weighted by Gasteiger charge is 2.26. The molecule has 1 fully saturated rings. The number of likely N-dealkylation sites (tertiary alicyclic amines) is 1. The molecule has 0 spiro atoms. The molecule has 1 aromatic carbocycles. The lowest BCUT2D eigenvalue weighted by atomic mass is 9.97. The molecule has 2 aromatic heterocycles. The summed E-state index contributed by atoms with van der Waals surface area (Å²) in [4.78, 5) is 15.0. The Morgan fingerprint density at radius 2 is 2.23 bits per heavy atom. The van der Waals surface area contributed by atoms with Gasteiger partial charge in [0.25, 0.3) is 5.89 Å². The number of piperidine rings is 1. The molecule has 0 amide bonds. The van der Waals surface area contributed by atoms with Crippen molar-refractivity contribution in [1.82, 2.24) is 25.0 Å². The molecule has 134 valence electrons. The molecule has 4 rings (SSSR count). The number of nitrogens with zero attached hydrogens (tertiary/aromatic N) is 5. The maximum atomic E-state index is 10.0. The van der Waals surface area contributed by atoms with E-state index in [1.807, 2.05) is 0 Å². The summed E-state index contributed by atoms with van der Waals surface area (Å²) in [6.07, 6.45) is 6.83. The summed E-state index contributed by atoms with van der Waals surface area (Å²) >= 11 is 6.05. The van der Waals surface area contributed by atoms with E-state index >= 15 is 0 Å². The Morgan fingerprint density at radius 1 is 1.31 bits per heavy atom. The van der Waals surface area contributed by atoms with E-state index in [-0.39, 0.29) is 11.7 Å². The second-order valence-corrected chi connectivity index (χ2v) is 6.83. The van der Waals surface area contributed by atoms with E-state index in [0.717, 1.165) is 31.5 Å². The average Bonchev–Trinajstić information content (AvgIpc) is 3.16. The van der Waals surface area contributed by atoms with Gasteiger partial charge < -0.3 is 9.63 Å². The molecule has 0 saturated carbocycles. The smallest absolute Gasteiger partial charge is 0.278 e. The van der Waals surface area contributed by atoms with Gasteiger partial charge >= 0.3 is 0 Å². The zero-order valence-electron chi connectivity index (χ0n) is 14.0. The highest BCUT2D eigenvalue weighted by Crippen LogP contribution is 2.29. The molecule has 1 saturated heterocycles. The summed E-state index contributed by atoms with van der Waals surface area (Å²) in [5.41, 5.74) is 1.40. The third kappa shape index (κ3) is 3.68. The van der Waals surface area contributed by atoms with E-state index in [9.17, 15) is 5.11 Å². The predicted octanol–water partition coefficient (Wildman–Crippen LogP) is 3.27. The number of hydrogen-bond acceptors (Lipinski definition) is 7. The van der Waals surface area contributed by atoms with Gasteiger partial charge in [-0.3, -0.25) is 9.88 Å².